The maximum absolute atomic E-state index is 11.0. The third-order valence-electron chi connectivity index (χ3n) is 2.23. The van der Waals surface area contributed by atoms with Gasteiger partial charge in [0.05, 0.1) is 13.2 Å². The molecule has 4 heteroatoms. The van der Waals surface area contributed by atoms with Gasteiger partial charge >= 0.3 is 5.97 Å². The molecule has 0 spiro atoms. The van der Waals surface area contributed by atoms with Crippen LogP contribution < -0.4 is 5.32 Å². The van der Waals surface area contributed by atoms with Crippen LogP contribution in [0.2, 0.25) is 0 Å². The molecular weight excluding hydrogens is 170 g/mol. The van der Waals surface area contributed by atoms with E-state index >= 15 is 0 Å². The molecule has 0 unspecified atom stereocenters. The standard InChI is InChI=1S/C9H17NO3/c1-7(9(11)12-2)10-6-8-4-3-5-13-8/h7-8,10H,3-6H2,1-2H3/t7-,8+/m0/s1. The lowest BCUT2D eigenvalue weighted by molar-refractivity contribution is -0.142. The molecule has 4 nitrogen and oxygen atoms in total. The van der Waals surface area contributed by atoms with Crippen LogP contribution >= 0.6 is 0 Å². The van der Waals surface area contributed by atoms with Crippen LogP contribution in [0, 0.1) is 0 Å². The van der Waals surface area contributed by atoms with E-state index in [0.29, 0.717) is 0 Å². The van der Waals surface area contributed by atoms with Crippen molar-refractivity contribution in [1.29, 1.82) is 0 Å². The number of hydrogen-bond donors (Lipinski definition) is 1. The minimum absolute atomic E-state index is 0.224. The predicted octanol–water partition coefficient (Wildman–Crippen LogP) is 0.316. The summed E-state index contributed by atoms with van der Waals surface area (Å²) in [5.41, 5.74) is 0. The van der Waals surface area contributed by atoms with Gasteiger partial charge in [-0.05, 0) is 19.8 Å². The third-order valence-corrected chi connectivity index (χ3v) is 2.23. The van der Waals surface area contributed by atoms with Gasteiger partial charge in [-0.3, -0.25) is 4.79 Å². The van der Waals surface area contributed by atoms with Crippen molar-refractivity contribution in [2.45, 2.75) is 31.9 Å². The second-order valence-corrected chi connectivity index (χ2v) is 3.29. The monoisotopic (exact) mass is 187 g/mol. The molecule has 1 heterocycles. The van der Waals surface area contributed by atoms with Gasteiger partial charge in [-0.1, -0.05) is 0 Å². The molecule has 13 heavy (non-hydrogen) atoms. The van der Waals surface area contributed by atoms with Crippen LogP contribution in [0.5, 0.6) is 0 Å². The van der Waals surface area contributed by atoms with Crippen LogP contribution in [0.15, 0.2) is 0 Å². The van der Waals surface area contributed by atoms with Crippen LogP contribution in [-0.4, -0.2) is 38.4 Å². The Bertz CT molecular complexity index is 166. The van der Waals surface area contributed by atoms with Crippen molar-refractivity contribution in [1.82, 2.24) is 5.32 Å². The zero-order valence-corrected chi connectivity index (χ0v) is 8.21. The minimum atomic E-state index is -0.241. The average molecular weight is 187 g/mol. The van der Waals surface area contributed by atoms with Crippen LogP contribution in [0.1, 0.15) is 19.8 Å². The number of methoxy groups -OCH3 is 1. The predicted molar refractivity (Wildman–Crippen MR) is 48.5 cm³/mol. The lowest BCUT2D eigenvalue weighted by Crippen LogP contribution is -2.39. The van der Waals surface area contributed by atoms with E-state index in [2.05, 4.69) is 10.1 Å². The summed E-state index contributed by atoms with van der Waals surface area (Å²) in [5, 5.41) is 3.08. The first-order chi connectivity index (χ1) is 6.24. The maximum atomic E-state index is 11.0. The number of rotatable bonds is 4. The second-order valence-electron chi connectivity index (χ2n) is 3.29. The van der Waals surface area contributed by atoms with Crippen molar-refractivity contribution in [3.63, 3.8) is 0 Å². The van der Waals surface area contributed by atoms with Crippen LogP contribution in [-0.2, 0) is 14.3 Å². The first kappa shape index (κ1) is 10.5. The topological polar surface area (TPSA) is 47.6 Å². The van der Waals surface area contributed by atoms with E-state index in [1.807, 2.05) is 0 Å². The number of carbonyl (C=O) groups is 1. The van der Waals surface area contributed by atoms with Crippen molar-refractivity contribution in [2.24, 2.45) is 0 Å². The summed E-state index contributed by atoms with van der Waals surface area (Å²) in [6.07, 6.45) is 2.48. The lowest BCUT2D eigenvalue weighted by Gasteiger charge is -2.14. The van der Waals surface area contributed by atoms with E-state index in [9.17, 15) is 4.79 Å². The van der Waals surface area contributed by atoms with Gasteiger partial charge < -0.3 is 14.8 Å². The van der Waals surface area contributed by atoms with Crippen molar-refractivity contribution in [3.05, 3.63) is 0 Å². The molecule has 0 amide bonds. The van der Waals surface area contributed by atoms with E-state index in [-0.39, 0.29) is 18.1 Å². The number of carbonyl (C=O) groups excluding carboxylic acids is 1. The molecule has 0 aromatic rings. The van der Waals surface area contributed by atoms with E-state index in [1.165, 1.54) is 7.11 Å². The Morgan fingerprint density at radius 1 is 1.77 bits per heavy atom. The van der Waals surface area contributed by atoms with Gasteiger partial charge in [0.1, 0.15) is 6.04 Å². The number of esters is 1. The summed E-state index contributed by atoms with van der Waals surface area (Å²) >= 11 is 0. The molecule has 0 saturated carbocycles. The van der Waals surface area contributed by atoms with Crippen LogP contribution in [0.3, 0.4) is 0 Å². The quantitative estimate of drug-likeness (QED) is 0.644. The fourth-order valence-corrected chi connectivity index (χ4v) is 1.37. The van der Waals surface area contributed by atoms with Crippen molar-refractivity contribution in [2.75, 3.05) is 20.3 Å². The molecule has 0 aliphatic carbocycles. The summed E-state index contributed by atoms with van der Waals surface area (Å²) < 4.78 is 9.99. The molecule has 1 N–H and O–H groups in total. The largest absolute Gasteiger partial charge is 0.468 e. The molecule has 2 atom stereocenters. The van der Waals surface area contributed by atoms with Crippen LogP contribution in [0.4, 0.5) is 0 Å². The van der Waals surface area contributed by atoms with Gasteiger partial charge in [-0.25, -0.2) is 0 Å². The number of hydrogen-bond acceptors (Lipinski definition) is 4. The lowest BCUT2D eigenvalue weighted by atomic mass is 10.2. The molecule has 0 aromatic carbocycles. The van der Waals surface area contributed by atoms with Gasteiger partial charge in [0, 0.05) is 13.2 Å². The van der Waals surface area contributed by atoms with Gasteiger partial charge in [0.15, 0.2) is 0 Å². The van der Waals surface area contributed by atoms with Gasteiger partial charge in [-0.15, -0.1) is 0 Å². The molecule has 0 bridgehead atoms. The molecule has 1 aliphatic heterocycles. The van der Waals surface area contributed by atoms with Crippen molar-refractivity contribution in [3.8, 4) is 0 Å². The molecule has 0 aromatic heterocycles. The fourth-order valence-electron chi connectivity index (χ4n) is 1.37. The zero-order valence-electron chi connectivity index (χ0n) is 8.21. The summed E-state index contributed by atoms with van der Waals surface area (Å²) in [6.45, 7) is 3.37. The van der Waals surface area contributed by atoms with Crippen molar-refractivity contribution < 1.29 is 14.3 Å². The highest BCUT2D eigenvalue weighted by Crippen LogP contribution is 2.10. The Morgan fingerprint density at radius 2 is 2.54 bits per heavy atom. The Labute approximate surface area is 78.6 Å². The first-order valence-corrected chi connectivity index (χ1v) is 4.67. The highest BCUT2D eigenvalue weighted by atomic mass is 16.5. The van der Waals surface area contributed by atoms with Gasteiger partial charge in [0.2, 0.25) is 0 Å². The van der Waals surface area contributed by atoms with E-state index in [0.717, 1.165) is 26.0 Å². The van der Waals surface area contributed by atoms with E-state index in [1.54, 1.807) is 6.92 Å². The summed E-state index contributed by atoms with van der Waals surface area (Å²) in [4.78, 5) is 11.0. The molecule has 1 rings (SSSR count). The Balaban J connectivity index is 2.13. The number of ether oxygens (including phenoxy) is 2. The molecule has 1 saturated heterocycles. The molecular formula is C9H17NO3. The first-order valence-electron chi connectivity index (χ1n) is 4.67. The Morgan fingerprint density at radius 3 is 3.08 bits per heavy atom. The molecule has 1 aliphatic rings. The van der Waals surface area contributed by atoms with E-state index in [4.69, 9.17) is 4.74 Å². The highest BCUT2D eigenvalue weighted by Gasteiger charge is 2.18. The average Bonchev–Trinajstić information content (AvgIpc) is 2.65. The summed E-state index contributed by atoms with van der Waals surface area (Å²) in [7, 11) is 1.40. The summed E-state index contributed by atoms with van der Waals surface area (Å²) in [5.74, 6) is -0.224. The number of nitrogens with one attached hydrogen (secondary N) is 1. The summed E-state index contributed by atoms with van der Waals surface area (Å²) in [6, 6.07) is -0.241. The van der Waals surface area contributed by atoms with Crippen LogP contribution in [0.25, 0.3) is 0 Å². The molecule has 1 fully saturated rings. The SMILES string of the molecule is COC(=O)[C@H](C)NC[C@H]1CCCO1. The maximum Gasteiger partial charge on any atom is 0.322 e. The smallest absolute Gasteiger partial charge is 0.322 e. The third kappa shape index (κ3) is 3.32. The van der Waals surface area contributed by atoms with Gasteiger partial charge in [0.25, 0.3) is 0 Å². The van der Waals surface area contributed by atoms with Gasteiger partial charge in [-0.2, -0.15) is 0 Å². The fraction of sp³-hybridized carbons (Fsp3) is 0.889. The Kier molecular flexibility index (Phi) is 4.18. The second kappa shape index (κ2) is 5.19. The minimum Gasteiger partial charge on any atom is -0.468 e. The zero-order chi connectivity index (χ0) is 9.68. The highest BCUT2D eigenvalue weighted by molar-refractivity contribution is 5.75. The molecule has 0 radical (unpaired) electrons. The van der Waals surface area contributed by atoms with Crippen molar-refractivity contribution >= 4 is 5.97 Å². The molecule has 76 valence electrons. The van der Waals surface area contributed by atoms with E-state index < -0.39 is 0 Å². The Hall–Kier alpha value is -0.610. The normalized spacial score (nSPS) is 24.3.